The van der Waals surface area contributed by atoms with Gasteiger partial charge in [0.25, 0.3) is 10.9 Å². The number of pyridine rings is 1. The Morgan fingerprint density at radius 3 is 2.53 bits per heavy atom. The molecule has 0 radical (unpaired) electrons. The van der Waals surface area contributed by atoms with Crippen LogP contribution in [0.4, 0.5) is 5.69 Å². The highest BCUT2D eigenvalue weighted by atomic mass is 32.2. The predicted octanol–water partition coefficient (Wildman–Crippen LogP) is 4.71. The molecule has 0 aliphatic carbocycles. The van der Waals surface area contributed by atoms with Gasteiger partial charge < -0.3 is 29.8 Å². The molecule has 2 aliphatic rings. The van der Waals surface area contributed by atoms with E-state index < -0.39 is 24.1 Å². The zero-order valence-corrected chi connectivity index (χ0v) is 23.5. The van der Waals surface area contributed by atoms with Gasteiger partial charge in [-0.1, -0.05) is 48.2 Å². The van der Waals surface area contributed by atoms with Crippen molar-refractivity contribution in [3.05, 3.63) is 130 Å². The molecule has 43 heavy (non-hydrogen) atoms. The van der Waals surface area contributed by atoms with Gasteiger partial charge in [0.15, 0.2) is 12.5 Å². The molecule has 0 bridgehead atoms. The summed E-state index contributed by atoms with van der Waals surface area (Å²) in [7, 11) is 0. The summed E-state index contributed by atoms with van der Waals surface area (Å²) in [5.41, 5.74) is 3.24. The predicted molar refractivity (Wildman–Crippen MR) is 155 cm³/mol. The Bertz CT molecular complexity index is 1690. The summed E-state index contributed by atoms with van der Waals surface area (Å²) in [5, 5.41) is 25.0. The molecule has 1 fully saturated rings. The number of fused-ring (bicyclic) bond motifs is 1. The maximum absolute atomic E-state index is 13.0. The Labute approximate surface area is 250 Å². The molecule has 3 heterocycles. The number of amides is 1. The van der Waals surface area contributed by atoms with Gasteiger partial charge in [0.05, 0.1) is 29.9 Å². The van der Waals surface area contributed by atoms with Crippen molar-refractivity contribution in [3.63, 3.8) is 0 Å². The standard InChI is InChI=1S/C32H26N2O8S/c35-17-19-7-9-20(10-8-19)27-16-24(18-43-28-6-1-2-13-34(28)39)40-32(41-27)22-4-3-5-23(14-22)33-29(36)21-11-12-25-26(15-21)31(38)42-30(25)37/h1-15,24,27,32,35H,16-18H2,(H,33,36). The first-order valence-corrected chi connectivity index (χ1v) is 14.5. The van der Waals surface area contributed by atoms with E-state index >= 15 is 0 Å². The molecule has 4 aromatic rings. The van der Waals surface area contributed by atoms with Crippen LogP contribution in [0.15, 0.2) is 96.2 Å². The zero-order chi connectivity index (χ0) is 29.9. The van der Waals surface area contributed by atoms with Gasteiger partial charge in [-0.05, 0) is 47.5 Å². The van der Waals surface area contributed by atoms with Gasteiger partial charge in [-0.15, -0.1) is 0 Å². The van der Waals surface area contributed by atoms with Crippen molar-refractivity contribution in [1.29, 1.82) is 0 Å². The largest absolute Gasteiger partial charge is 0.618 e. The average molecular weight is 599 g/mol. The summed E-state index contributed by atoms with van der Waals surface area (Å²) in [6.45, 7) is -0.0603. The molecule has 2 N–H and O–H groups in total. The number of esters is 2. The molecule has 218 valence electrons. The second-order valence-corrected chi connectivity index (χ2v) is 11.1. The molecule has 1 amide bonds. The SMILES string of the molecule is O=C(Nc1cccc(C2OC(CSc3cccc[n+]3[O-])CC(c3ccc(CO)cc3)O2)c1)c1ccc2c(c1)C(=O)OC2=O. The first-order chi connectivity index (χ1) is 20.9. The Morgan fingerprint density at radius 2 is 1.74 bits per heavy atom. The van der Waals surface area contributed by atoms with Gasteiger partial charge >= 0.3 is 11.9 Å². The fraction of sp³-hybridized carbons (Fsp3) is 0.188. The van der Waals surface area contributed by atoms with E-state index in [4.69, 9.17) is 9.47 Å². The van der Waals surface area contributed by atoms with Crippen LogP contribution in [-0.2, 0) is 20.8 Å². The Hall–Kier alpha value is -4.55. The normalized spacial score (nSPS) is 19.5. The minimum Gasteiger partial charge on any atom is -0.618 e. The summed E-state index contributed by atoms with van der Waals surface area (Å²) < 4.78 is 18.2. The monoisotopic (exact) mass is 598 g/mol. The number of anilines is 1. The summed E-state index contributed by atoms with van der Waals surface area (Å²) in [5.74, 6) is -1.48. The van der Waals surface area contributed by atoms with E-state index in [0.29, 0.717) is 28.5 Å². The first kappa shape index (κ1) is 28.6. The van der Waals surface area contributed by atoms with Gasteiger partial charge in [-0.2, -0.15) is 4.73 Å². The summed E-state index contributed by atoms with van der Waals surface area (Å²) in [4.78, 5) is 36.7. The van der Waals surface area contributed by atoms with Crippen LogP contribution in [0, 0.1) is 5.21 Å². The van der Waals surface area contributed by atoms with E-state index in [2.05, 4.69) is 10.1 Å². The van der Waals surface area contributed by atoms with Crippen LogP contribution in [-0.4, -0.2) is 34.8 Å². The Kier molecular flexibility index (Phi) is 8.21. The number of nitrogens with one attached hydrogen (secondary N) is 1. The number of carbonyl (C=O) groups is 3. The van der Waals surface area contributed by atoms with E-state index in [1.54, 1.807) is 30.3 Å². The zero-order valence-electron chi connectivity index (χ0n) is 22.7. The van der Waals surface area contributed by atoms with Crippen molar-refractivity contribution in [1.82, 2.24) is 0 Å². The molecule has 3 unspecified atom stereocenters. The molecule has 11 heteroatoms. The number of benzene rings is 3. The van der Waals surface area contributed by atoms with Crippen LogP contribution in [0.3, 0.4) is 0 Å². The van der Waals surface area contributed by atoms with Gasteiger partial charge in [0.2, 0.25) is 0 Å². The third kappa shape index (κ3) is 6.30. The second kappa shape index (κ2) is 12.4. The number of cyclic esters (lactones) is 2. The Morgan fingerprint density at radius 1 is 0.930 bits per heavy atom. The van der Waals surface area contributed by atoms with Crippen LogP contribution in [0.25, 0.3) is 0 Å². The topological polar surface area (TPSA) is 138 Å². The van der Waals surface area contributed by atoms with Crippen molar-refractivity contribution in [2.24, 2.45) is 0 Å². The van der Waals surface area contributed by atoms with Crippen LogP contribution < -0.4 is 10.0 Å². The fourth-order valence-electron chi connectivity index (χ4n) is 4.92. The molecule has 3 atom stereocenters. The lowest BCUT2D eigenvalue weighted by atomic mass is 10.0. The smallest absolute Gasteiger partial charge is 0.346 e. The van der Waals surface area contributed by atoms with Crippen LogP contribution in [0.2, 0.25) is 0 Å². The molecule has 0 saturated carbocycles. The molecule has 1 saturated heterocycles. The van der Waals surface area contributed by atoms with E-state index in [1.165, 1.54) is 36.2 Å². The lowest BCUT2D eigenvalue weighted by Gasteiger charge is -2.36. The number of ether oxygens (including phenoxy) is 3. The van der Waals surface area contributed by atoms with Crippen molar-refractivity contribution in [3.8, 4) is 0 Å². The lowest BCUT2D eigenvalue weighted by Crippen LogP contribution is -2.32. The highest BCUT2D eigenvalue weighted by Crippen LogP contribution is 2.39. The van der Waals surface area contributed by atoms with Gasteiger partial charge in [-0.3, -0.25) is 4.79 Å². The molecular weight excluding hydrogens is 572 g/mol. The maximum Gasteiger partial charge on any atom is 0.346 e. The number of thioether (sulfide) groups is 1. The first-order valence-electron chi connectivity index (χ1n) is 13.5. The van der Waals surface area contributed by atoms with Crippen molar-refractivity contribution in [2.75, 3.05) is 11.1 Å². The molecule has 10 nitrogen and oxygen atoms in total. The van der Waals surface area contributed by atoms with Gasteiger partial charge in [-0.25, -0.2) is 9.59 Å². The van der Waals surface area contributed by atoms with E-state index in [1.807, 2.05) is 36.4 Å². The number of aliphatic hydroxyl groups excluding tert-OH is 1. The van der Waals surface area contributed by atoms with Crippen molar-refractivity contribution < 1.29 is 38.4 Å². The molecular formula is C32H26N2O8S. The quantitative estimate of drug-likeness (QED) is 0.0971. The average Bonchev–Trinajstić information content (AvgIpc) is 3.32. The molecule has 6 rings (SSSR count). The number of aliphatic hydroxyl groups is 1. The van der Waals surface area contributed by atoms with Crippen molar-refractivity contribution >= 4 is 35.3 Å². The second-order valence-electron chi connectivity index (χ2n) is 10.0. The third-order valence-corrected chi connectivity index (χ3v) is 8.29. The number of carbonyl (C=O) groups excluding carboxylic acids is 3. The number of aromatic nitrogens is 1. The summed E-state index contributed by atoms with van der Waals surface area (Å²) in [6.07, 6.45) is 0.648. The number of rotatable bonds is 8. The fourth-order valence-corrected chi connectivity index (χ4v) is 5.85. The highest BCUT2D eigenvalue weighted by Gasteiger charge is 2.33. The van der Waals surface area contributed by atoms with Crippen LogP contribution >= 0.6 is 11.8 Å². The lowest BCUT2D eigenvalue weighted by molar-refractivity contribution is -0.645. The maximum atomic E-state index is 13.0. The van der Waals surface area contributed by atoms with E-state index in [-0.39, 0.29) is 35.5 Å². The van der Waals surface area contributed by atoms with Crippen molar-refractivity contribution in [2.45, 2.75) is 36.6 Å². The molecule has 0 spiro atoms. The Balaban J connectivity index is 1.21. The van der Waals surface area contributed by atoms with Gasteiger partial charge in [0, 0.05) is 41.1 Å². The van der Waals surface area contributed by atoms with Crippen LogP contribution in [0.1, 0.15) is 66.6 Å². The van der Waals surface area contributed by atoms with Gasteiger partial charge in [0.1, 0.15) is 0 Å². The molecule has 1 aromatic heterocycles. The minimum atomic E-state index is -0.783. The number of hydrogen-bond acceptors (Lipinski definition) is 9. The molecule has 2 aliphatic heterocycles. The summed E-state index contributed by atoms with van der Waals surface area (Å²) in [6, 6.07) is 24.0. The minimum absolute atomic E-state index is 0.0513. The highest BCUT2D eigenvalue weighted by molar-refractivity contribution is 7.99. The van der Waals surface area contributed by atoms with Crippen LogP contribution in [0.5, 0.6) is 0 Å². The van der Waals surface area contributed by atoms with E-state index in [9.17, 15) is 24.7 Å². The third-order valence-electron chi connectivity index (χ3n) is 7.14. The number of hydrogen-bond donors (Lipinski definition) is 2. The van der Waals surface area contributed by atoms with E-state index in [0.717, 1.165) is 15.9 Å². The summed E-state index contributed by atoms with van der Waals surface area (Å²) >= 11 is 1.40. The molecule has 3 aromatic carbocycles. The number of nitrogens with zero attached hydrogens (tertiary/aromatic N) is 1.